The van der Waals surface area contributed by atoms with E-state index in [2.05, 4.69) is 30.9 Å². The van der Waals surface area contributed by atoms with Crippen LogP contribution < -0.4 is 0 Å². The summed E-state index contributed by atoms with van der Waals surface area (Å²) >= 11 is 0. The molecule has 0 N–H and O–H groups in total. The molecule has 2 nitrogen and oxygen atoms in total. The van der Waals surface area contributed by atoms with Gasteiger partial charge in [-0.25, -0.2) is 0 Å². The molecule has 0 aliphatic carbocycles. The third kappa shape index (κ3) is 17.6. The number of hydrogen-bond donors (Lipinski definition) is 0. The monoisotopic (exact) mass is 336 g/mol. The van der Waals surface area contributed by atoms with Gasteiger partial charge in [-0.1, -0.05) is 69.9 Å². The molecule has 0 atom stereocenters. The van der Waals surface area contributed by atoms with Crippen molar-refractivity contribution in [2.45, 2.75) is 104 Å². The maximum absolute atomic E-state index is 5.40. The molecule has 0 bridgehead atoms. The van der Waals surface area contributed by atoms with E-state index in [1.54, 1.807) is 0 Å². The zero-order valence-corrected chi connectivity index (χ0v) is 16.4. The van der Waals surface area contributed by atoms with Crippen molar-refractivity contribution in [3.8, 4) is 11.8 Å². The fourth-order valence-corrected chi connectivity index (χ4v) is 2.51. The van der Waals surface area contributed by atoms with E-state index < -0.39 is 0 Å². The molecule has 0 aliphatic rings. The minimum absolute atomic E-state index is 0.337. The summed E-state index contributed by atoms with van der Waals surface area (Å²) in [6.45, 7) is 7.48. The van der Waals surface area contributed by atoms with Gasteiger partial charge < -0.3 is 9.47 Å². The number of rotatable bonds is 16. The third-order valence-corrected chi connectivity index (χ3v) is 3.92. The second kappa shape index (κ2) is 20.3. The Labute approximate surface area is 151 Å². The van der Waals surface area contributed by atoms with Crippen LogP contribution in [0.5, 0.6) is 0 Å². The standard InChI is InChI=1S/C22H40O2/c1-4-7-8-9-10-11-12-13-14-15-16-17-18-19-20-21-22(23-5-2)24-6-3/h9-10,22H,4-8,11-19H2,1-3H3/b10-9-. The minimum Gasteiger partial charge on any atom is -0.342 e. The molecule has 140 valence electrons. The number of ether oxygens (including phenoxy) is 2. The lowest BCUT2D eigenvalue weighted by atomic mass is 10.1. The van der Waals surface area contributed by atoms with Gasteiger partial charge in [-0.15, -0.1) is 0 Å². The summed E-state index contributed by atoms with van der Waals surface area (Å²) < 4.78 is 10.8. The SMILES string of the molecule is CCCC/C=C\CCCCCCCCCC#CC(OCC)OCC. The van der Waals surface area contributed by atoms with Crippen LogP contribution in [0.3, 0.4) is 0 Å². The quantitative estimate of drug-likeness (QED) is 0.136. The van der Waals surface area contributed by atoms with Gasteiger partial charge in [-0.2, -0.15) is 0 Å². The normalized spacial score (nSPS) is 11.2. The summed E-state index contributed by atoms with van der Waals surface area (Å²) in [7, 11) is 0. The number of hydrogen-bond acceptors (Lipinski definition) is 2. The van der Waals surface area contributed by atoms with Crippen molar-refractivity contribution in [3.63, 3.8) is 0 Å². The Kier molecular flexibility index (Phi) is 19.6. The summed E-state index contributed by atoms with van der Waals surface area (Å²) in [6.07, 6.45) is 19.8. The molecule has 0 rings (SSSR count). The molecule has 0 radical (unpaired) electrons. The molecular formula is C22H40O2. The van der Waals surface area contributed by atoms with Gasteiger partial charge in [0.05, 0.1) is 0 Å². The number of allylic oxidation sites excluding steroid dienone is 2. The van der Waals surface area contributed by atoms with Gasteiger partial charge in [-0.05, 0) is 45.5 Å². The van der Waals surface area contributed by atoms with Crippen molar-refractivity contribution in [2.24, 2.45) is 0 Å². The fourth-order valence-electron chi connectivity index (χ4n) is 2.51. The molecule has 0 saturated carbocycles. The van der Waals surface area contributed by atoms with Crippen molar-refractivity contribution in [1.82, 2.24) is 0 Å². The molecule has 0 amide bonds. The highest BCUT2D eigenvalue weighted by Gasteiger charge is 2.00. The van der Waals surface area contributed by atoms with Gasteiger partial charge in [0.2, 0.25) is 6.29 Å². The number of unbranched alkanes of at least 4 members (excludes halogenated alkanes) is 10. The molecule has 0 aromatic heterocycles. The van der Waals surface area contributed by atoms with Crippen molar-refractivity contribution in [3.05, 3.63) is 12.2 Å². The van der Waals surface area contributed by atoms with E-state index >= 15 is 0 Å². The second-order valence-electron chi connectivity index (χ2n) is 6.19. The molecule has 0 aromatic rings. The van der Waals surface area contributed by atoms with Crippen LogP contribution in [0.1, 0.15) is 97.8 Å². The van der Waals surface area contributed by atoms with Crippen LogP contribution in [0.25, 0.3) is 0 Å². The fraction of sp³-hybridized carbons (Fsp3) is 0.818. The molecular weight excluding hydrogens is 296 g/mol. The van der Waals surface area contributed by atoms with E-state index in [-0.39, 0.29) is 6.29 Å². The van der Waals surface area contributed by atoms with E-state index in [0.717, 1.165) is 6.42 Å². The Morgan fingerprint density at radius 3 is 1.83 bits per heavy atom. The minimum atomic E-state index is -0.337. The summed E-state index contributed by atoms with van der Waals surface area (Å²) in [5, 5.41) is 0. The van der Waals surface area contributed by atoms with E-state index in [1.807, 2.05) is 13.8 Å². The van der Waals surface area contributed by atoms with Crippen molar-refractivity contribution >= 4 is 0 Å². The zero-order chi connectivity index (χ0) is 17.7. The lowest BCUT2D eigenvalue weighted by Gasteiger charge is -2.09. The van der Waals surface area contributed by atoms with Gasteiger partial charge in [0, 0.05) is 19.6 Å². The molecule has 24 heavy (non-hydrogen) atoms. The molecule has 0 unspecified atom stereocenters. The molecule has 0 saturated heterocycles. The molecule has 0 aliphatic heterocycles. The molecule has 2 heteroatoms. The Morgan fingerprint density at radius 1 is 0.708 bits per heavy atom. The highest BCUT2D eigenvalue weighted by atomic mass is 16.7. The van der Waals surface area contributed by atoms with Gasteiger partial charge >= 0.3 is 0 Å². The Hall–Kier alpha value is -0.780. The zero-order valence-electron chi connectivity index (χ0n) is 16.4. The molecule has 0 heterocycles. The Balaban J connectivity index is 3.35. The average molecular weight is 337 g/mol. The topological polar surface area (TPSA) is 18.5 Å². The maximum atomic E-state index is 5.40. The lowest BCUT2D eigenvalue weighted by Crippen LogP contribution is -2.14. The first-order valence-corrected chi connectivity index (χ1v) is 10.2. The first kappa shape index (κ1) is 23.2. The third-order valence-electron chi connectivity index (χ3n) is 3.92. The van der Waals surface area contributed by atoms with Crippen LogP contribution in [0.4, 0.5) is 0 Å². The van der Waals surface area contributed by atoms with Gasteiger partial charge in [0.15, 0.2) is 0 Å². The van der Waals surface area contributed by atoms with Gasteiger partial charge in [0.1, 0.15) is 0 Å². The smallest absolute Gasteiger partial charge is 0.222 e. The van der Waals surface area contributed by atoms with Gasteiger partial charge in [0.25, 0.3) is 0 Å². The van der Waals surface area contributed by atoms with Gasteiger partial charge in [-0.3, -0.25) is 0 Å². The van der Waals surface area contributed by atoms with Crippen LogP contribution >= 0.6 is 0 Å². The van der Waals surface area contributed by atoms with Crippen molar-refractivity contribution in [2.75, 3.05) is 13.2 Å². The lowest BCUT2D eigenvalue weighted by molar-refractivity contribution is -0.0970. The van der Waals surface area contributed by atoms with Crippen LogP contribution in [-0.4, -0.2) is 19.5 Å². The Morgan fingerprint density at radius 2 is 1.25 bits per heavy atom. The van der Waals surface area contributed by atoms with Crippen LogP contribution in [0.2, 0.25) is 0 Å². The first-order chi connectivity index (χ1) is 11.8. The van der Waals surface area contributed by atoms with E-state index in [9.17, 15) is 0 Å². The largest absolute Gasteiger partial charge is 0.342 e. The second-order valence-corrected chi connectivity index (χ2v) is 6.19. The summed E-state index contributed by atoms with van der Waals surface area (Å²) in [4.78, 5) is 0. The van der Waals surface area contributed by atoms with E-state index in [1.165, 1.54) is 70.6 Å². The average Bonchev–Trinajstić information content (AvgIpc) is 2.58. The predicted molar refractivity (Wildman–Crippen MR) is 105 cm³/mol. The van der Waals surface area contributed by atoms with Crippen molar-refractivity contribution < 1.29 is 9.47 Å². The molecule has 0 spiro atoms. The predicted octanol–water partition coefficient (Wildman–Crippen LogP) is 6.65. The van der Waals surface area contributed by atoms with Crippen molar-refractivity contribution in [1.29, 1.82) is 0 Å². The summed E-state index contributed by atoms with van der Waals surface area (Å²) in [5.74, 6) is 6.25. The highest BCUT2D eigenvalue weighted by Crippen LogP contribution is 2.10. The molecule has 0 aromatic carbocycles. The summed E-state index contributed by atoms with van der Waals surface area (Å²) in [5.41, 5.74) is 0. The molecule has 0 fully saturated rings. The first-order valence-electron chi connectivity index (χ1n) is 10.2. The maximum Gasteiger partial charge on any atom is 0.222 e. The summed E-state index contributed by atoms with van der Waals surface area (Å²) in [6, 6.07) is 0. The highest BCUT2D eigenvalue weighted by molar-refractivity contribution is 5.02. The Bertz CT molecular complexity index is 319. The van der Waals surface area contributed by atoms with E-state index in [4.69, 9.17) is 9.47 Å². The van der Waals surface area contributed by atoms with Crippen LogP contribution in [0, 0.1) is 11.8 Å². The van der Waals surface area contributed by atoms with Crippen LogP contribution in [0.15, 0.2) is 12.2 Å². The van der Waals surface area contributed by atoms with Crippen LogP contribution in [-0.2, 0) is 9.47 Å². The van der Waals surface area contributed by atoms with E-state index in [0.29, 0.717) is 13.2 Å².